The fourth-order valence-electron chi connectivity index (χ4n) is 1.40. The molecule has 0 saturated heterocycles. The lowest BCUT2D eigenvalue weighted by Crippen LogP contribution is -2.27. The molecule has 0 bridgehead atoms. The van der Waals surface area contributed by atoms with E-state index in [1.165, 1.54) is 0 Å². The normalized spacial score (nSPS) is 23.6. The number of rotatable bonds is 1. The molecule has 0 saturated carbocycles. The second kappa shape index (κ2) is 3.79. The van der Waals surface area contributed by atoms with Crippen LogP contribution in [0.1, 0.15) is 6.42 Å². The third-order valence-corrected chi connectivity index (χ3v) is 2.29. The smallest absolute Gasteiger partial charge is 0.260 e. The maximum Gasteiger partial charge on any atom is 0.260 e. The summed E-state index contributed by atoms with van der Waals surface area (Å²) in [7, 11) is 0. The van der Waals surface area contributed by atoms with E-state index >= 15 is 0 Å². The molecule has 0 aromatic heterocycles. The van der Waals surface area contributed by atoms with Crippen LogP contribution >= 0.6 is 11.6 Å². The number of nitriles is 1. The van der Waals surface area contributed by atoms with E-state index in [2.05, 4.69) is 9.98 Å². The molecule has 74 valence electrons. The van der Waals surface area contributed by atoms with E-state index in [9.17, 15) is 4.79 Å². The first-order valence-electron chi connectivity index (χ1n) is 4.33. The summed E-state index contributed by atoms with van der Waals surface area (Å²) in [6.45, 7) is 0. The molecule has 0 fully saturated rings. The van der Waals surface area contributed by atoms with Crippen molar-refractivity contribution < 1.29 is 4.79 Å². The van der Waals surface area contributed by atoms with Crippen molar-refractivity contribution in [3.8, 4) is 6.07 Å². The van der Waals surface area contributed by atoms with Gasteiger partial charge in [-0.05, 0) is 12.2 Å². The van der Waals surface area contributed by atoms with Crippen LogP contribution in [-0.4, -0.2) is 17.5 Å². The van der Waals surface area contributed by atoms with Crippen molar-refractivity contribution in [2.24, 2.45) is 15.9 Å². The van der Waals surface area contributed by atoms with Crippen molar-refractivity contribution in [2.75, 3.05) is 0 Å². The number of amidine groups is 1. The average Bonchev–Trinajstić information content (AvgIpc) is 2.17. The molecule has 0 aromatic rings. The molecule has 2 rings (SSSR count). The van der Waals surface area contributed by atoms with Crippen LogP contribution in [0.2, 0.25) is 0 Å². The fraction of sp³-hybridized carbons (Fsp3) is 0.200. The van der Waals surface area contributed by atoms with Gasteiger partial charge in [0.15, 0.2) is 0 Å². The average molecular weight is 220 g/mol. The highest BCUT2D eigenvalue weighted by atomic mass is 35.5. The summed E-state index contributed by atoms with van der Waals surface area (Å²) in [5, 5.41) is 9.01. The minimum atomic E-state index is -0.435. The second-order valence-electron chi connectivity index (χ2n) is 3.10. The van der Waals surface area contributed by atoms with Crippen molar-refractivity contribution in [2.45, 2.75) is 6.42 Å². The highest BCUT2D eigenvalue weighted by molar-refractivity contribution is 6.35. The molecule has 2 aliphatic rings. The van der Waals surface area contributed by atoms with Gasteiger partial charge in [0.1, 0.15) is 11.8 Å². The monoisotopic (exact) mass is 219 g/mol. The highest BCUT2D eigenvalue weighted by Crippen LogP contribution is 2.21. The first-order chi connectivity index (χ1) is 7.20. The van der Waals surface area contributed by atoms with Gasteiger partial charge in [-0.15, -0.1) is 0 Å². The van der Waals surface area contributed by atoms with Gasteiger partial charge in [-0.1, -0.05) is 17.7 Å². The molecule has 1 aliphatic heterocycles. The SMILES string of the molecule is N#CCC1=NC(=O)C2C=CC(Cl)=CC2=N1. The molecule has 1 amide bonds. The summed E-state index contributed by atoms with van der Waals surface area (Å²) in [4.78, 5) is 19.4. The fourth-order valence-corrected chi connectivity index (χ4v) is 1.58. The number of aliphatic imine (C=N–C) groups is 2. The number of nitrogens with zero attached hydrogens (tertiary/aromatic N) is 3. The number of hydrogen-bond donors (Lipinski definition) is 0. The quantitative estimate of drug-likeness (QED) is 0.672. The molecule has 1 unspecified atom stereocenters. The van der Waals surface area contributed by atoms with Crippen LogP contribution in [0.25, 0.3) is 0 Å². The minimum Gasteiger partial charge on any atom is -0.271 e. The summed E-state index contributed by atoms with van der Waals surface area (Å²) in [6.07, 6.45) is 4.97. The minimum absolute atomic E-state index is 0.0388. The molecule has 0 N–H and O–H groups in total. The van der Waals surface area contributed by atoms with Crippen molar-refractivity contribution in [3.05, 3.63) is 23.3 Å². The Hall–Kier alpha value is -1.73. The number of fused-ring (bicyclic) bond motifs is 1. The van der Waals surface area contributed by atoms with Gasteiger partial charge in [0.05, 0.1) is 18.2 Å². The van der Waals surface area contributed by atoms with E-state index < -0.39 is 5.92 Å². The Morgan fingerprint density at radius 1 is 1.53 bits per heavy atom. The Morgan fingerprint density at radius 3 is 3.07 bits per heavy atom. The Morgan fingerprint density at radius 2 is 2.33 bits per heavy atom. The van der Waals surface area contributed by atoms with Crippen LogP contribution in [0, 0.1) is 17.2 Å². The van der Waals surface area contributed by atoms with E-state index in [1.54, 1.807) is 18.2 Å². The predicted molar refractivity (Wildman–Crippen MR) is 56.7 cm³/mol. The maximum atomic E-state index is 11.5. The lowest BCUT2D eigenvalue weighted by molar-refractivity contribution is -0.118. The first-order valence-corrected chi connectivity index (χ1v) is 4.71. The molecular formula is C10H6ClN3O. The first kappa shape index (κ1) is 9.81. The van der Waals surface area contributed by atoms with Gasteiger partial charge in [0.25, 0.3) is 5.91 Å². The molecule has 1 heterocycles. The molecule has 1 atom stereocenters. The summed E-state index contributed by atoms with van der Waals surface area (Å²) in [5.74, 6) is -0.471. The zero-order chi connectivity index (χ0) is 10.8. The molecule has 1 aliphatic carbocycles. The van der Waals surface area contributed by atoms with Gasteiger partial charge < -0.3 is 0 Å². The zero-order valence-corrected chi connectivity index (χ0v) is 8.40. The largest absolute Gasteiger partial charge is 0.271 e. The van der Waals surface area contributed by atoms with Crippen LogP contribution in [0.3, 0.4) is 0 Å². The van der Waals surface area contributed by atoms with E-state index in [-0.39, 0.29) is 18.2 Å². The van der Waals surface area contributed by atoms with E-state index in [4.69, 9.17) is 16.9 Å². The Balaban J connectivity index is 2.37. The molecular weight excluding hydrogens is 214 g/mol. The molecule has 0 radical (unpaired) electrons. The molecule has 15 heavy (non-hydrogen) atoms. The summed E-state index contributed by atoms with van der Waals surface area (Å²) < 4.78 is 0. The standard InChI is InChI=1S/C10H6ClN3O/c11-6-1-2-7-8(5-6)13-9(3-4-12)14-10(7)15/h1-2,5,7H,3H2. The molecule has 4 nitrogen and oxygen atoms in total. The number of halogens is 1. The summed E-state index contributed by atoms with van der Waals surface area (Å²) in [5.41, 5.74) is 0.563. The molecule has 0 spiro atoms. The molecule has 0 aromatic carbocycles. The number of amides is 1. The van der Waals surface area contributed by atoms with Crippen molar-refractivity contribution in [3.63, 3.8) is 0 Å². The van der Waals surface area contributed by atoms with E-state index in [0.29, 0.717) is 10.7 Å². The number of carbonyl (C=O) groups is 1. The van der Waals surface area contributed by atoms with Gasteiger partial charge in [-0.2, -0.15) is 10.3 Å². The van der Waals surface area contributed by atoms with Crippen LogP contribution in [0.5, 0.6) is 0 Å². The predicted octanol–water partition coefficient (Wildman–Crippen LogP) is 1.59. The lowest BCUT2D eigenvalue weighted by atomic mass is 9.96. The summed E-state index contributed by atoms with van der Waals surface area (Å²) >= 11 is 5.79. The van der Waals surface area contributed by atoms with Gasteiger partial charge in [-0.3, -0.25) is 4.79 Å². The van der Waals surface area contributed by atoms with Crippen molar-refractivity contribution in [1.29, 1.82) is 5.26 Å². The Labute approximate surface area is 91.3 Å². The van der Waals surface area contributed by atoms with E-state index in [0.717, 1.165) is 0 Å². The zero-order valence-electron chi connectivity index (χ0n) is 7.64. The van der Waals surface area contributed by atoms with E-state index in [1.807, 2.05) is 6.07 Å². The van der Waals surface area contributed by atoms with Gasteiger partial charge >= 0.3 is 0 Å². The van der Waals surface area contributed by atoms with Crippen LogP contribution in [0.15, 0.2) is 33.2 Å². The maximum absolute atomic E-state index is 11.5. The number of carbonyl (C=O) groups excluding carboxylic acids is 1. The summed E-state index contributed by atoms with van der Waals surface area (Å²) in [6, 6.07) is 1.90. The third-order valence-electron chi connectivity index (χ3n) is 2.05. The van der Waals surface area contributed by atoms with Gasteiger partial charge in [0.2, 0.25) is 0 Å². The van der Waals surface area contributed by atoms with Crippen LogP contribution in [-0.2, 0) is 4.79 Å². The lowest BCUT2D eigenvalue weighted by Gasteiger charge is -2.17. The molecule has 5 heteroatoms. The third kappa shape index (κ3) is 1.88. The highest BCUT2D eigenvalue weighted by Gasteiger charge is 2.27. The topological polar surface area (TPSA) is 65.6 Å². The van der Waals surface area contributed by atoms with Crippen LogP contribution in [0.4, 0.5) is 0 Å². The van der Waals surface area contributed by atoms with Crippen molar-refractivity contribution in [1.82, 2.24) is 0 Å². The van der Waals surface area contributed by atoms with Crippen molar-refractivity contribution >= 4 is 29.1 Å². The number of allylic oxidation sites excluding steroid dienone is 3. The Kier molecular flexibility index (Phi) is 2.48. The van der Waals surface area contributed by atoms with Gasteiger partial charge in [0, 0.05) is 5.03 Å². The Bertz CT molecular complexity index is 479. The second-order valence-corrected chi connectivity index (χ2v) is 3.54. The van der Waals surface area contributed by atoms with Crippen LogP contribution < -0.4 is 0 Å². The van der Waals surface area contributed by atoms with Gasteiger partial charge in [-0.25, -0.2) is 4.99 Å². The number of hydrogen-bond acceptors (Lipinski definition) is 3.